The highest BCUT2D eigenvalue weighted by Crippen LogP contribution is 2.20. The first-order valence-corrected chi connectivity index (χ1v) is 6.00. The second kappa shape index (κ2) is 5.15. The third-order valence-corrected chi connectivity index (χ3v) is 3.32. The zero-order chi connectivity index (χ0) is 11.4. The van der Waals surface area contributed by atoms with Gasteiger partial charge < -0.3 is 9.47 Å². The summed E-state index contributed by atoms with van der Waals surface area (Å²) in [5, 5.41) is 0. The summed E-state index contributed by atoms with van der Waals surface area (Å²) in [5.74, 6) is 2.14. The lowest BCUT2D eigenvalue weighted by molar-refractivity contribution is -0.130. The molecule has 84 valence electrons. The third-order valence-electron chi connectivity index (χ3n) is 2.33. The number of hydrogen-bond donors (Lipinski definition) is 0. The number of carbonyl (C=O) groups is 1. The zero-order valence-electron chi connectivity index (χ0n) is 8.77. The Bertz CT molecular complexity index is 410. The fourth-order valence-corrected chi connectivity index (χ4v) is 2.21. The van der Waals surface area contributed by atoms with Gasteiger partial charge in [-0.05, 0) is 25.0 Å². The van der Waals surface area contributed by atoms with E-state index >= 15 is 0 Å². The average molecular weight is 236 g/mol. The summed E-state index contributed by atoms with van der Waals surface area (Å²) in [6.45, 7) is 0.665. The van der Waals surface area contributed by atoms with Crippen molar-refractivity contribution in [2.45, 2.75) is 25.6 Å². The lowest BCUT2D eigenvalue weighted by Gasteiger charge is -2.21. The minimum atomic E-state index is -0.391. The lowest BCUT2D eigenvalue weighted by Crippen LogP contribution is -2.25. The lowest BCUT2D eigenvalue weighted by atomic mass is 10.2. The first-order chi connectivity index (χ1) is 7.79. The molecule has 1 atom stereocenters. The van der Waals surface area contributed by atoms with Gasteiger partial charge in [-0.15, -0.1) is 17.8 Å². The molecule has 0 amide bonds. The van der Waals surface area contributed by atoms with Crippen molar-refractivity contribution < 1.29 is 14.3 Å². The highest BCUT2D eigenvalue weighted by molar-refractivity contribution is 7.14. The number of rotatable bonds is 2. The predicted molar refractivity (Wildman–Crippen MR) is 61.3 cm³/mol. The minimum Gasteiger partial charge on any atom is -0.432 e. The molecular formula is C12H12O3S. The van der Waals surface area contributed by atoms with Crippen molar-refractivity contribution in [2.24, 2.45) is 0 Å². The van der Waals surface area contributed by atoms with Gasteiger partial charge in [-0.1, -0.05) is 5.92 Å². The molecule has 1 unspecified atom stereocenters. The third kappa shape index (κ3) is 2.63. The normalized spacial score (nSPS) is 20.1. The van der Waals surface area contributed by atoms with Crippen molar-refractivity contribution in [2.75, 3.05) is 6.61 Å². The van der Waals surface area contributed by atoms with Crippen LogP contribution in [0.2, 0.25) is 0 Å². The van der Waals surface area contributed by atoms with Gasteiger partial charge in [-0.3, -0.25) is 0 Å². The molecule has 1 aromatic heterocycles. The van der Waals surface area contributed by atoms with E-state index in [1.54, 1.807) is 12.1 Å². The number of thiophene rings is 1. The maximum absolute atomic E-state index is 11.7. The van der Waals surface area contributed by atoms with E-state index in [0.717, 1.165) is 24.1 Å². The maximum atomic E-state index is 11.7. The van der Waals surface area contributed by atoms with Crippen molar-refractivity contribution in [3.05, 3.63) is 21.9 Å². The first kappa shape index (κ1) is 11.2. The molecular weight excluding hydrogens is 224 g/mol. The van der Waals surface area contributed by atoms with Crippen LogP contribution in [0.25, 0.3) is 0 Å². The summed E-state index contributed by atoms with van der Waals surface area (Å²) in [6, 6.07) is 3.42. The van der Waals surface area contributed by atoms with Gasteiger partial charge in [-0.25, -0.2) is 4.79 Å². The van der Waals surface area contributed by atoms with Crippen LogP contribution in [0.5, 0.6) is 0 Å². The van der Waals surface area contributed by atoms with Crippen LogP contribution in [0.4, 0.5) is 0 Å². The Morgan fingerprint density at radius 3 is 3.06 bits per heavy atom. The Morgan fingerprint density at radius 2 is 2.44 bits per heavy atom. The summed E-state index contributed by atoms with van der Waals surface area (Å²) >= 11 is 1.26. The van der Waals surface area contributed by atoms with Crippen molar-refractivity contribution >= 4 is 17.3 Å². The SMILES string of the molecule is C#Cc1ccc(C(=O)OC2CCCCO2)s1. The molecule has 0 N–H and O–H groups in total. The Hall–Kier alpha value is -1.31. The van der Waals surface area contributed by atoms with E-state index in [1.807, 2.05) is 0 Å². The molecule has 0 spiro atoms. The van der Waals surface area contributed by atoms with E-state index in [4.69, 9.17) is 15.9 Å². The standard InChI is InChI=1S/C12H12O3S/c1-2-9-6-7-10(16-9)12(13)15-11-5-3-4-8-14-11/h1,6-7,11H,3-5,8H2. The van der Waals surface area contributed by atoms with E-state index in [-0.39, 0.29) is 5.97 Å². The molecule has 0 radical (unpaired) electrons. The van der Waals surface area contributed by atoms with Gasteiger partial charge in [0.2, 0.25) is 6.29 Å². The topological polar surface area (TPSA) is 35.5 Å². The van der Waals surface area contributed by atoms with Crippen LogP contribution in [0.1, 0.15) is 33.8 Å². The molecule has 0 bridgehead atoms. The highest BCUT2D eigenvalue weighted by Gasteiger charge is 2.20. The van der Waals surface area contributed by atoms with Gasteiger partial charge in [-0.2, -0.15) is 0 Å². The smallest absolute Gasteiger partial charge is 0.350 e. The van der Waals surface area contributed by atoms with Crippen LogP contribution in [0, 0.1) is 12.3 Å². The van der Waals surface area contributed by atoms with Gasteiger partial charge in [0.25, 0.3) is 0 Å². The van der Waals surface area contributed by atoms with Crippen molar-refractivity contribution in [1.82, 2.24) is 0 Å². The molecule has 2 heterocycles. The Balaban J connectivity index is 1.94. The molecule has 3 nitrogen and oxygen atoms in total. The second-order valence-corrected chi connectivity index (χ2v) is 4.59. The number of esters is 1. The van der Waals surface area contributed by atoms with E-state index in [0.29, 0.717) is 11.5 Å². The number of terminal acetylenes is 1. The van der Waals surface area contributed by atoms with Gasteiger partial charge in [0, 0.05) is 6.42 Å². The van der Waals surface area contributed by atoms with Crippen LogP contribution in [0.3, 0.4) is 0 Å². The molecule has 1 aliphatic heterocycles. The van der Waals surface area contributed by atoms with Crippen LogP contribution < -0.4 is 0 Å². The molecule has 1 aliphatic rings. The van der Waals surface area contributed by atoms with Crippen molar-refractivity contribution in [3.63, 3.8) is 0 Å². The zero-order valence-corrected chi connectivity index (χ0v) is 9.59. The summed E-state index contributed by atoms with van der Waals surface area (Å²) in [7, 11) is 0. The molecule has 0 aliphatic carbocycles. The summed E-state index contributed by atoms with van der Waals surface area (Å²) in [5.41, 5.74) is 0. The molecule has 1 fully saturated rings. The molecule has 1 saturated heterocycles. The Morgan fingerprint density at radius 1 is 1.56 bits per heavy atom. The van der Waals surface area contributed by atoms with Gasteiger partial charge in [0.1, 0.15) is 4.88 Å². The molecule has 0 saturated carbocycles. The molecule has 16 heavy (non-hydrogen) atoms. The number of carbonyl (C=O) groups excluding carboxylic acids is 1. The number of hydrogen-bond acceptors (Lipinski definition) is 4. The van der Waals surface area contributed by atoms with Crippen LogP contribution in [-0.2, 0) is 9.47 Å². The average Bonchev–Trinajstić information content (AvgIpc) is 2.79. The van der Waals surface area contributed by atoms with E-state index < -0.39 is 6.29 Å². The predicted octanol–water partition coefficient (Wildman–Crippen LogP) is 2.41. The van der Waals surface area contributed by atoms with E-state index in [1.165, 1.54) is 11.3 Å². The van der Waals surface area contributed by atoms with Crippen molar-refractivity contribution in [1.29, 1.82) is 0 Å². The first-order valence-electron chi connectivity index (χ1n) is 5.18. The monoisotopic (exact) mass is 236 g/mol. The largest absolute Gasteiger partial charge is 0.432 e. The summed E-state index contributed by atoms with van der Waals surface area (Å²) in [6.07, 6.45) is 7.69. The van der Waals surface area contributed by atoms with Gasteiger partial charge >= 0.3 is 5.97 Å². The van der Waals surface area contributed by atoms with Gasteiger partial charge in [0.05, 0.1) is 11.5 Å². The maximum Gasteiger partial charge on any atom is 0.350 e. The fourth-order valence-electron chi connectivity index (χ4n) is 1.51. The Kier molecular flexibility index (Phi) is 3.60. The minimum absolute atomic E-state index is 0.349. The molecule has 2 rings (SSSR count). The second-order valence-electron chi connectivity index (χ2n) is 3.51. The van der Waals surface area contributed by atoms with Crippen molar-refractivity contribution in [3.8, 4) is 12.3 Å². The summed E-state index contributed by atoms with van der Waals surface area (Å²) < 4.78 is 10.5. The van der Waals surface area contributed by atoms with Crippen LogP contribution in [0.15, 0.2) is 12.1 Å². The number of ether oxygens (including phenoxy) is 2. The molecule has 1 aromatic rings. The van der Waals surface area contributed by atoms with Gasteiger partial charge in [0.15, 0.2) is 0 Å². The highest BCUT2D eigenvalue weighted by atomic mass is 32.1. The fraction of sp³-hybridized carbons (Fsp3) is 0.417. The Labute approximate surface area is 98.4 Å². The van der Waals surface area contributed by atoms with E-state index in [2.05, 4.69) is 5.92 Å². The van der Waals surface area contributed by atoms with Crippen LogP contribution >= 0.6 is 11.3 Å². The quantitative estimate of drug-likeness (QED) is 0.584. The summed E-state index contributed by atoms with van der Waals surface area (Å²) in [4.78, 5) is 12.9. The molecule has 4 heteroatoms. The molecule has 0 aromatic carbocycles. The van der Waals surface area contributed by atoms with E-state index in [9.17, 15) is 4.79 Å². The van der Waals surface area contributed by atoms with Crippen LogP contribution in [-0.4, -0.2) is 18.9 Å².